The van der Waals surface area contributed by atoms with Crippen LogP contribution in [-0.2, 0) is 17.9 Å². The summed E-state index contributed by atoms with van der Waals surface area (Å²) < 4.78 is 5.77. The SMILES string of the molecule is CCC1CCN(Cc2nc(C(O)(c3ccccc3)C3CCCCC3)no2)CC1SCc1ccccc1. The number of piperidine rings is 1. The molecule has 2 aliphatic rings. The van der Waals surface area contributed by atoms with Crippen LogP contribution in [0.5, 0.6) is 0 Å². The van der Waals surface area contributed by atoms with Crippen molar-refractivity contribution in [1.82, 2.24) is 15.0 Å². The first-order chi connectivity index (χ1) is 17.7. The molecule has 1 aromatic heterocycles. The van der Waals surface area contributed by atoms with Gasteiger partial charge in [0.2, 0.25) is 11.7 Å². The first-order valence-electron chi connectivity index (χ1n) is 13.7. The molecule has 1 aliphatic carbocycles. The smallest absolute Gasteiger partial charge is 0.240 e. The molecule has 192 valence electrons. The number of likely N-dealkylation sites (tertiary alicyclic amines) is 1. The highest BCUT2D eigenvalue weighted by Crippen LogP contribution is 2.43. The Kier molecular flexibility index (Phi) is 8.45. The third-order valence-corrected chi connectivity index (χ3v) is 9.65. The van der Waals surface area contributed by atoms with Gasteiger partial charge in [0.15, 0.2) is 5.60 Å². The van der Waals surface area contributed by atoms with Crippen LogP contribution in [0.1, 0.15) is 74.7 Å². The Labute approximate surface area is 219 Å². The summed E-state index contributed by atoms with van der Waals surface area (Å²) >= 11 is 2.07. The summed E-state index contributed by atoms with van der Waals surface area (Å²) in [6, 6.07) is 20.7. The Morgan fingerprint density at radius 2 is 1.72 bits per heavy atom. The zero-order valence-corrected chi connectivity index (χ0v) is 22.2. The van der Waals surface area contributed by atoms with Crippen LogP contribution in [0.2, 0.25) is 0 Å². The maximum absolute atomic E-state index is 12.1. The monoisotopic (exact) mass is 505 g/mol. The van der Waals surface area contributed by atoms with Gasteiger partial charge < -0.3 is 9.63 Å². The number of hydrogen-bond donors (Lipinski definition) is 1. The number of aromatic nitrogens is 2. The van der Waals surface area contributed by atoms with Crippen molar-refractivity contribution in [3.8, 4) is 0 Å². The van der Waals surface area contributed by atoms with Crippen molar-refractivity contribution < 1.29 is 9.63 Å². The molecule has 0 radical (unpaired) electrons. The Bertz CT molecular complexity index is 1070. The van der Waals surface area contributed by atoms with Crippen LogP contribution in [0.15, 0.2) is 65.2 Å². The van der Waals surface area contributed by atoms with E-state index >= 15 is 0 Å². The van der Waals surface area contributed by atoms with Gasteiger partial charge >= 0.3 is 0 Å². The van der Waals surface area contributed by atoms with Gasteiger partial charge in [0, 0.05) is 17.5 Å². The van der Waals surface area contributed by atoms with E-state index in [0.717, 1.165) is 56.0 Å². The van der Waals surface area contributed by atoms with Crippen LogP contribution in [0.25, 0.3) is 0 Å². The molecule has 6 heteroatoms. The lowest BCUT2D eigenvalue weighted by molar-refractivity contribution is -0.0101. The second kappa shape index (κ2) is 11.9. The van der Waals surface area contributed by atoms with Crippen molar-refractivity contribution >= 4 is 11.8 Å². The van der Waals surface area contributed by atoms with Crippen LogP contribution in [0.3, 0.4) is 0 Å². The van der Waals surface area contributed by atoms with E-state index in [1.54, 1.807) is 0 Å². The lowest BCUT2D eigenvalue weighted by Crippen LogP contribution is -2.42. The van der Waals surface area contributed by atoms with Gasteiger partial charge in [0.1, 0.15) is 0 Å². The number of thioether (sulfide) groups is 1. The minimum absolute atomic E-state index is 0.109. The zero-order valence-electron chi connectivity index (χ0n) is 21.4. The van der Waals surface area contributed by atoms with Gasteiger partial charge in [-0.25, -0.2) is 0 Å². The van der Waals surface area contributed by atoms with Gasteiger partial charge in [0.05, 0.1) is 6.54 Å². The summed E-state index contributed by atoms with van der Waals surface area (Å²) in [5, 5.41) is 17.0. The summed E-state index contributed by atoms with van der Waals surface area (Å²) in [6.07, 6.45) is 7.89. The largest absolute Gasteiger partial charge is 0.377 e. The van der Waals surface area contributed by atoms with E-state index in [4.69, 9.17) is 9.51 Å². The number of rotatable bonds is 9. The van der Waals surface area contributed by atoms with E-state index in [1.807, 2.05) is 30.3 Å². The van der Waals surface area contributed by atoms with Gasteiger partial charge in [-0.15, -0.1) is 0 Å². The third-order valence-electron chi connectivity index (χ3n) is 8.19. The Morgan fingerprint density at radius 1 is 1.00 bits per heavy atom. The van der Waals surface area contributed by atoms with Gasteiger partial charge in [-0.1, -0.05) is 98.4 Å². The number of nitrogens with zero attached hydrogens (tertiary/aromatic N) is 3. The lowest BCUT2D eigenvalue weighted by atomic mass is 9.73. The number of benzene rings is 2. The fourth-order valence-electron chi connectivity index (χ4n) is 6.03. The molecule has 0 amide bonds. The standard InChI is InChI=1S/C30H39N3O2S/c1-2-24-18-19-33(20-27(24)36-22-23-12-6-3-7-13-23)21-28-31-29(32-35-28)30(34,25-14-8-4-9-15-25)26-16-10-5-11-17-26/h3-4,6-9,12-15,24,26-27,34H,2,5,10-11,16-22H2,1H3. The fourth-order valence-corrected chi connectivity index (χ4v) is 7.55. The van der Waals surface area contributed by atoms with Crippen molar-refractivity contribution in [3.63, 3.8) is 0 Å². The van der Waals surface area contributed by atoms with E-state index < -0.39 is 5.60 Å². The molecule has 1 saturated heterocycles. The average Bonchev–Trinajstić information content (AvgIpc) is 3.42. The topological polar surface area (TPSA) is 62.4 Å². The molecule has 2 heterocycles. The maximum atomic E-state index is 12.1. The van der Waals surface area contributed by atoms with Crippen molar-refractivity contribution in [3.05, 3.63) is 83.5 Å². The highest BCUT2D eigenvalue weighted by Gasteiger charge is 2.44. The number of hydrogen-bond acceptors (Lipinski definition) is 6. The molecule has 3 atom stereocenters. The maximum Gasteiger partial charge on any atom is 0.240 e. The van der Waals surface area contributed by atoms with E-state index in [-0.39, 0.29) is 5.92 Å². The summed E-state index contributed by atoms with van der Waals surface area (Å²) in [7, 11) is 0. The Hall–Kier alpha value is -2.15. The lowest BCUT2D eigenvalue weighted by Gasteiger charge is -2.37. The van der Waals surface area contributed by atoms with Gasteiger partial charge in [-0.05, 0) is 48.8 Å². The minimum atomic E-state index is -1.20. The minimum Gasteiger partial charge on any atom is -0.377 e. The van der Waals surface area contributed by atoms with Gasteiger partial charge in [-0.3, -0.25) is 4.90 Å². The first kappa shape index (κ1) is 25.5. The molecule has 5 nitrogen and oxygen atoms in total. The Morgan fingerprint density at radius 3 is 2.44 bits per heavy atom. The molecule has 1 saturated carbocycles. The molecule has 1 aliphatic heterocycles. The zero-order chi connectivity index (χ0) is 24.8. The van der Waals surface area contributed by atoms with E-state index in [1.165, 1.54) is 24.8 Å². The fraction of sp³-hybridized carbons (Fsp3) is 0.533. The van der Waals surface area contributed by atoms with E-state index in [2.05, 4.69) is 59.1 Å². The van der Waals surface area contributed by atoms with Crippen LogP contribution in [0.4, 0.5) is 0 Å². The van der Waals surface area contributed by atoms with Crippen LogP contribution in [0, 0.1) is 11.8 Å². The molecule has 2 aromatic carbocycles. The van der Waals surface area contributed by atoms with Crippen LogP contribution < -0.4 is 0 Å². The summed E-state index contributed by atoms with van der Waals surface area (Å²) in [4.78, 5) is 7.26. The Balaban J connectivity index is 1.29. The predicted molar refractivity (Wildman–Crippen MR) is 146 cm³/mol. The highest BCUT2D eigenvalue weighted by atomic mass is 32.2. The second-order valence-electron chi connectivity index (χ2n) is 10.5. The van der Waals surface area contributed by atoms with Crippen molar-refractivity contribution in [2.75, 3.05) is 13.1 Å². The molecule has 1 N–H and O–H groups in total. The molecule has 36 heavy (non-hydrogen) atoms. The van der Waals surface area contributed by atoms with Crippen LogP contribution >= 0.6 is 11.8 Å². The van der Waals surface area contributed by atoms with Gasteiger partial charge in [-0.2, -0.15) is 16.7 Å². The van der Waals surface area contributed by atoms with Crippen LogP contribution in [-0.4, -0.2) is 38.5 Å². The van der Waals surface area contributed by atoms with Gasteiger partial charge in [0.25, 0.3) is 0 Å². The molecular formula is C30H39N3O2S. The highest BCUT2D eigenvalue weighted by molar-refractivity contribution is 7.99. The van der Waals surface area contributed by atoms with Crippen molar-refractivity contribution in [1.29, 1.82) is 0 Å². The summed E-state index contributed by atoms with van der Waals surface area (Å²) in [5.41, 5.74) is 1.05. The summed E-state index contributed by atoms with van der Waals surface area (Å²) in [5.74, 6) is 2.93. The molecule has 3 aromatic rings. The van der Waals surface area contributed by atoms with Crippen molar-refractivity contribution in [2.24, 2.45) is 11.8 Å². The normalized spacial score (nSPS) is 23.4. The molecule has 0 bridgehead atoms. The second-order valence-corrected chi connectivity index (χ2v) is 11.7. The average molecular weight is 506 g/mol. The predicted octanol–water partition coefficient (Wildman–Crippen LogP) is 6.42. The molecule has 0 spiro atoms. The third kappa shape index (κ3) is 5.71. The first-order valence-corrected chi connectivity index (χ1v) is 14.7. The van der Waals surface area contributed by atoms with Crippen molar-refractivity contribution in [2.45, 2.75) is 75.0 Å². The molecule has 2 fully saturated rings. The quantitative estimate of drug-likeness (QED) is 0.362. The molecular weight excluding hydrogens is 466 g/mol. The van der Waals surface area contributed by atoms with E-state index in [9.17, 15) is 5.11 Å². The summed E-state index contributed by atoms with van der Waals surface area (Å²) in [6.45, 7) is 5.03. The molecule has 5 rings (SSSR count). The number of aliphatic hydroxyl groups is 1. The molecule has 3 unspecified atom stereocenters. The van der Waals surface area contributed by atoms with E-state index in [0.29, 0.717) is 23.5 Å².